The average Bonchev–Trinajstić information content (AvgIpc) is 3.31. The van der Waals surface area contributed by atoms with Gasteiger partial charge >= 0.3 is 12.0 Å². The molecule has 27 heavy (non-hydrogen) atoms. The number of ketones is 1. The minimum Gasteiger partial charge on any atom is -0.476 e. The van der Waals surface area contributed by atoms with Crippen molar-refractivity contribution < 1.29 is 19.5 Å². The number of carboxylic acids is 1. The van der Waals surface area contributed by atoms with Crippen LogP contribution in [0.4, 0.5) is 15.6 Å². The highest BCUT2D eigenvalue weighted by Crippen LogP contribution is 2.32. The molecule has 0 saturated heterocycles. The summed E-state index contributed by atoms with van der Waals surface area (Å²) in [5.41, 5.74) is 0.662. The van der Waals surface area contributed by atoms with Gasteiger partial charge in [0.2, 0.25) is 0 Å². The van der Waals surface area contributed by atoms with Crippen LogP contribution in [0.3, 0.4) is 0 Å². The lowest BCUT2D eigenvalue weighted by molar-refractivity contribution is 0.0687. The fourth-order valence-electron chi connectivity index (χ4n) is 3.00. The number of thioether (sulfide) groups is 1. The van der Waals surface area contributed by atoms with Crippen LogP contribution in [0.25, 0.3) is 0 Å². The molecule has 0 atom stereocenters. The SMILES string of the molecule is CSc1sc(NC(=O)Nc2cnccc2C(=O)C2CCCC2)nc1C(=O)O. The van der Waals surface area contributed by atoms with Gasteiger partial charge in [-0.2, -0.15) is 0 Å². The van der Waals surface area contributed by atoms with Crippen LogP contribution in [0.1, 0.15) is 46.5 Å². The van der Waals surface area contributed by atoms with Crippen molar-refractivity contribution in [3.8, 4) is 0 Å². The van der Waals surface area contributed by atoms with Crippen molar-refractivity contribution in [3.05, 3.63) is 29.7 Å². The fraction of sp³-hybridized carbons (Fsp3) is 0.353. The summed E-state index contributed by atoms with van der Waals surface area (Å²) in [4.78, 5) is 44.1. The number of nitrogens with one attached hydrogen (secondary N) is 2. The number of amides is 2. The lowest BCUT2D eigenvalue weighted by atomic mass is 9.96. The monoisotopic (exact) mass is 406 g/mol. The molecule has 0 radical (unpaired) electrons. The molecule has 1 fully saturated rings. The minimum absolute atomic E-state index is 0.0114. The van der Waals surface area contributed by atoms with E-state index in [1.165, 1.54) is 24.2 Å². The van der Waals surface area contributed by atoms with E-state index < -0.39 is 12.0 Å². The maximum absolute atomic E-state index is 12.7. The first-order valence-corrected chi connectivity index (χ1v) is 10.4. The van der Waals surface area contributed by atoms with Gasteiger partial charge in [0.25, 0.3) is 0 Å². The molecule has 142 valence electrons. The third-order valence-corrected chi connectivity index (χ3v) is 6.34. The second-order valence-corrected chi connectivity index (χ2v) is 8.08. The van der Waals surface area contributed by atoms with Crippen LogP contribution in [0.2, 0.25) is 0 Å². The number of thiazole rings is 1. The average molecular weight is 406 g/mol. The molecular formula is C17H18N4O4S2. The van der Waals surface area contributed by atoms with E-state index >= 15 is 0 Å². The molecule has 0 unspecified atom stereocenters. The third kappa shape index (κ3) is 4.45. The lowest BCUT2D eigenvalue weighted by Crippen LogP contribution is -2.22. The van der Waals surface area contributed by atoms with E-state index in [9.17, 15) is 14.4 Å². The smallest absolute Gasteiger partial charge is 0.356 e. The Hall–Kier alpha value is -2.46. The lowest BCUT2D eigenvalue weighted by Gasteiger charge is -2.13. The molecule has 1 saturated carbocycles. The number of nitrogens with zero attached hydrogens (tertiary/aromatic N) is 2. The molecule has 0 bridgehead atoms. The number of aromatic nitrogens is 2. The molecule has 2 aromatic heterocycles. The Morgan fingerprint density at radius 2 is 2.00 bits per heavy atom. The molecule has 2 amide bonds. The van der Waals surface area contributed by atoms with Gasteiger partial charge in [-0.3, -0.25) is 15.1 Å². The number of pyridine rings is 1. The van der Waals surface area contributed by atoms with Crippen LogP contribution in [-0.4, -0.2) is 39.1 Å². The van der Waals surface area contributed by atoms with E-state index in [4.69, 9.17) is 5.11 Å². The van der Waals surface area contributed by atoms with Crippen LogP contribution < -0.4 is 10.6 Å². The van der Waals surface area contributed by atoms with Gasteiger partial charge in [0, 0.05) is 17.7 Å². The first-order chi connectivity index (χ1) is 13.0. The molecule has 2 aromatic rings. The summed E-state index contributed by atoms with van der Waals surface area (Å²) in [6, 6.07) is 0.996. The van der Waals surface area contributed by atoms with E-state index in [1.54, 1.807) is 12.3 Å². The molecule has 8 nitrogen and oxygen atoms in total. The highest BCUT2D eigenvalue weighted by atomic mass is 32.2. The van der Waals surface area contributed by atoms with Gasteiger partial charge in [-0.05, 0) is 25.2 Å². The number of Topliss-reactive ketones (excluding diaryl/α,β-unsaturated/α-hetero) is 1. The van der Waals surface area contributed by atoms with Crippen molar-refractivity contribution >= 4 is 51.7 Å². The first-order valence-electron chi connectivity index (χ1n) is 8.34. The Labute approximate surface area is 163 Å². The number of carbonyl (C=O) groups excluding carboxylic acids is 2. The summed E-state index contributed by atoms with van der Waals surface area (Å²) in [5.74, 6) is -1.16. The second-order valence-electron chi connectivity index (χ2n) is 6.01. The van der Waals surface area contributed by atoms with Crippen LogP contribution in [0.15, 0.2) is 22.7 Å². The molecule has 10 heteroatoms. The highest BCUT2D eigenvalue weighted by Gasteiger charge is 2.26. The highest BCUT2D eigenvalue weighted by molar-refractivity contribution is 8.00. The maximum Gasteiger partial charge on any atom is 0.356 e. The number of carboxylic acid groups (broad SMARTS) is 1. The van der Waals surface area contributed by atoms with Gasteiger partial charge in [-0.1, -0.05) is 24.2 Å². The van der Waals surface area contributed by atoms with E-state index in [0.29, 0.717) is 15.5 Å². The standard InChI is InChI=1S/C17H18N4O4S2/c1-26-15-12(14(23)24)20-17(27-15)21-16(25)19-11-8-18-7-6-10(11)13(22)9-4-2-3-5-9/h6-9H,2-5H2,1H3,(H,23,24)(H2,19,20,21,25). The van der Waals surface area contributed by atoms with E-state index in [1.807, 2.05) is 0 Å². The van der Waals surface area contributed by atoms with Crippen molar-refractivity contribution in [1.29, 1.82) is 0 Å². The number of anilines is 2. The predicted octanol–water partition coefficient (Wildman–Crippen LogP) is 3.98. The Morgan fingerprint density at radius 3 is 2.63 bits per heavy atom. The summed E-state index contributed by atoms with van der Waals surface area (Å²) in [5, 5.41) is 14.4. The van der Waals surface area contributed by atoms with Crippen LogP contribution >= 0.6 is 23.1 Å². The summed E-state index contributed by atoms with van der Waals surface area (Å²) >= 11 is 2.32. The van der Waals surface area contributed by atoms with Gasteiger partial charge < -0.3 is 10.4 Å². The Kier molecular flexibility index (Phi) is 6.07. The number of hydrogen-bond acceptors (Lipinski definition) is 7. The van der Waals surface area contributed by atoms with Crippen LogP contribution in [0.5, 0.6) is 0 Å². The summed E-state index contributed by atoms with van der Waals surface area (Å²) < 4.78 is 0.497. The van der Waals surface area contributed by atoms with Crippen LogP contribution in [0, 0.1) is 5.92 Å². The third-order valence-electron chi connectivity index (χ3n) is 4.27. The van der Waals surface area contributed by atoms with Gasteiger partial charge in [0.1, 0.15) is 0 Å². The van der Waals surface area contributed by atoms with Crippen molar-refractivity contribution in [2.75, 3.05) is 16.9 Å². The zero-order valence-electron chi connectivity index (χ0n) is 14.5. The molecule has 3 N–H and O–H groups in total. The topological polar surface area (TPSA) is 121 Å². The Morgan fingerprint density at radius 1 is 1.26 bits per heavy atom. The molecule has 0 spiro atoms. The summed E-state index contributed by atoms with van der Waals surface area (Å²) in [6.45, 7) is 0. The number of hydrogen-bond donors (Lipinski definition) is 3. The molecule has 1 aliphatic carbocycles. The number of rotatable bonds is 6. The largest absolute Gasteiger partial charge is 0.476 e. The molecule has 3 rings (SSSR count). The van der Waals surface area contributed by atoms with Gasteiger partial charge in [-0.15, -0.1) is 11.8 Å². The maximum atomic E-state index is 12.7. The summed E-state index contributed by atoms with van der Waals surface area (Å²) in [6.07, 6.45) is 8.50. The summed E-state index contributed by atoms with van der Waals surface area (Å²) in [7, 11) is 0. The minimum atomic E-state index is -1.15. The van der Waals surface area contributed by atoms with Gasteiger partial charge in [-0.25, -0.2) is 14.6 Å². The zero-order valence-corrected chi connectivity index (χ0v) is 16.2. The Balaban J connectivity index is 1.73. The fourth-order valence-corrected chi connectivity index (χ4v) is 4.58. The van der Waals surface area contributed by atoms with Crippen molar-refractivity contribution in [1.82, 2.24) is 9.97 Å². The first kappa shape index (κ1) is 19.3. The molecular weight excluding hydrogens is 388 g/mol. The van der Waals surface area contributed by atoms with E-state index in [-0.39, 0.29) is 22.5 Å². The van der Waals surface area contributed by atoms with Crippen molar-refractivity contribution in [2.24, 2.45) is 5.92 Å². The number of aromatic carboxylic acids is 1. The normalized spacial score (nSPS) is 14.1. The molecule has 2 heterocycles. The second kappa shape index (κ2) is 8.49. The van der Waals surface area contributed by atoms with Gasteiger partial charge in [0.15, 0.2) is 16.6 Å². The number of carbonyl (C=O) groups is 3. The Bertz CT molecular complexity index is 878. The van der Waals surface area contributed by atoms with Gasteiger partial charge in [0.05, 0.1) is 16.1 Å². The molecule has 0 aliphatic heterocycles. The quantitative estimate of drug-likeness (QED) is 0.490. The predicted molar refractivity (Wildman–Crippen MR) is 104 cm³/mol. The van der Waals surface area contributed by atoms with E-state index in [2.05, 4.69) is 20.6 Å². The van der Waals surface area contributed by atoms with Crippen molar-refractivity contribution in [3.63, 3.8) is 0 Å². The number of urea groups is 1. The van der Waals surface area contributed by atoms with Crippen LogP contribution in [-0.2, 0) is 0 Å². The molecule has 0 aromatic carbocycles. The van der Waals surface area contributed by atoms with Crippen molar-refractivity contribution in [2.45, 2.75) is 29.9 Å². The molecule has 1 aliphatic rings. The zero-order chi connectivity index (χ0) is 19.4. The van der Waals surface area contributed by atoms with E-state index in [0.717, 1.165) is 37.0 Å².